The average Bonchev–Trinajstić information content (AvgIpc) is 2.27. The van der Waals surface area contributed by atoms with Crippen LogP contribution in [0.5, 0.6) is 0 Å². The molecule has 0 aliphatic carbocycles. The second kappa shape index (κ2) is 3.65. The van der Waals surface area contributed by atoms with Gasteiger partial charge in [0.25, 0.3) is 0 Å². The number of hydrogen-bond acceptors (Lipinski definition) is 3. The summed E-state index contributed by atoms with van der Waals surface area (Å²) in [6, 6.07) is 0. The summed E-state index contributed by atoms with van der Waals surface area (Å²) in [6.07, 6.45) is 0.537. The number of hydrogen-bond donors (Lipinski definition) is 1. The zero-order chi connectivity index (χ0) is 10.9. The number of likely N-dealkylation sites (tertiary alicyclic amines) is 1. The lowest BCUT2D eigenvalue weighted by atomic mass is 10.1. The number of amides is 2. The minimum atomic E-state index is -0.236. The van der Waals surface area contributed by atoms with Crippen molar-refractivity contribution < 1.29 is 9.59 Å². The Labute approximate surface area is 88.6 Å². The van der Waals surface area contributed by atoms with Crippen molar-refractivity contribution in [3.05, 3.63) is 0 Å². The molecule has 1 N–H and O–H groups in total. The molecule has 0 unspecified atom stereocenters. The first kappa shape index (κ1) is 11.1. The Bertz CT molecular complexity index is 278. The van der Waals surface area contributed by atoms with Gasteiger partial charge < -0.3 is 5.32 Å². The lowest BCUT2D eigenvalue weighted by molar-refractivity contribution is -0.133. The Morgan fingerprint density at radius 3 is 2.07 bits per heavy atom. The molecule has 0 saturated carbocycles. The van der Waals surface area contributed by atoms with E-state index in [0.29, 0.717) is 0 Å². The summed E-state index contributed by atoms with van der Waals surface area (Å²) in [5.74, 6) is -0.423. The fraction of sp³-hybridized carbons (Fsp3) is 0.667. The maximum atomic E-state index is 11.3. The van der Waals surface area contributed by atoms with Crippen molar-refractivity contribution in [1.82, 2.24) is 10.2 Å². The minimum Gasteiger partial charge on any atom is -0.357 e. The van der Waals surface area contributed by atoms with Crippen LogP contribution < -0.4 is 5.32 Å². The van der Waals surface area contributed by atoms with Crippen molar-refractivity contribution in [2.45, 2.75) is 39.2 Å². The van der Waals surface area contributed by atoms with Crippen LogP contribution in [0.4, 0.5) is 0 Å². The number of thiocarbonyl (C=S) groups is 1. The van der Waals surface area contributed by atoms with Gasteiger partial charge in [0.15, 0.2) is 5.11 Å². The third-order valence-electron chi connectivity index (χ3n) is 1.74. The van der Waals surface area contributed by atoms with E-state index < -0.39 is 0 Å². The standard InChI is InChI=1S/C9H14N2O2S/c1-9(2,3)10-8(14)11-6(12)4-5-7(11)13/h4-5H2,1-3H3,(H,10,14). The topological polar surface area (TPSA) is 49.4 Å². The Morgan fingerprint density at radius 1 is 1.29 bits per heavy atom. The molecule has 0 atom stereocenters. The molecule has 14 heavy (non-hydrogen) atoms. The molecule has 4 nitrogen and oxygen atoms in total. The molecule has 0 bridgehead atoms. The van der Waals surface area contributed by atoms with E-state index in [0.717, 1.165) is 4.90 Å². The predicted molar refractivity (Wildman–Crippen MR) is 56.6 cm³/mol. The van der Waals surface area contributed by atoms with Crippen LogP contribution in [0.3, 0.4) is 0 Å². The normalized spacial score (nSPS) is 17.5. The predicted octanol–water partition coefficient (Wildman–Crippen LogP) is 0.808. The number of nitrogens with one attached hydrogen (secondary N) is 1. The Balaban J connectivity index is 2.70. The maximum Gasteiger partial charge on any atom is 0.236 e. The number of nitrogens with zero attached hydrogens (tertiary/aromatic N) is 1. The van der Waals surface area contributed by atoms with E-state index in [9.17, 15) is 9.59 Å². The first-order valence-electron chi connectivity index (χ1n) is 4.49. The molecule has 1 heterocycles. The van der Waals surface area contributed by atoms with E-state index in [1.807, 2.05) is 20.8 Å². The highest BCUT2D eigenvalue weighted by atomic mass is 32.1. The zero-order valence-corrected chi connectivity index (χ0v) is 9.40. The van der Waals surface area contributed by atoms with E-state index >= 15 is 0 Å². The summed E-state index contributed by atoms with van der Waals surface area (Å²) in [7, 11) is 0. The zero-order valence-electron chi connectivity index (χ0n) is 8.59. The summed E-state index contributed by atoms with van der Waals surface area (Å²) in [4.78, 5) is 23.6. The third-order valence-corrected chi connectivity index (χ3v) is 2.02. The molecule has 1 aliphatic heterocycles. The number of carbonyl (C=O) groups excluding carboxylic acids is 2. The van der Waals surface area contributed by atoms with Crippen molar-refractivity contribution >= 4 is 29.1 Å². The van der Waals surface area contributed by atoms with Crippen molar-refractivity contribution in [3.8, 4) is 0 Å². The SMILES string of the molecule is CC(C)(C)NC(=S)N1C(=O)CCC1=O. The highest BCUT2D eigenvalue weighted by Gasteiger charge is 2.33. The molecule has 2 amide bonds. The van der Waals surface area contributed by atoms with Crippen LogP contribution in [-0.4, -0.2) is 27.4 Å². The average molecular weight is 214 g/mol. The van der Waals surface area contributed by atoms with Crippen molar-refractivity contribution in [1.29, 1.82) is 0 Å². The third kappa shape index (κ3) is 2.51. The van der Waals surface area contributed by atoms with Crippen LogP contribution in [0.15, 0.2) is 0 Å². The minimum absolute atomic E-state index is 0.211. The lowest BCUT2D eigenvalue weighted by Gasteiger charge is -2.25. The molecule has 1 aliphatic rings. The van der Waals surface area contributed by atoms with E-state index in [2.05, 4.69) is 5.32 Å². The largest absolute Gasteiger partial charge is 0.357 e. The number of imide groups is 1. The summed E-state index contributed by atoms with van der Waals surface area (Å²) in [5, 5.41) is 3.15. The fourth-order valence-corrected chi connectivity index (χ4v) is 1.69. The molecule has 0 aromatic carbocycles. The monoisotopic (exact) mass is 214 g/mol. The van der Waals surface area contributed by atoms with Crippen LogP contribution >= 0.6 is 12.2 Å². The quantitative estimate of drug-likeness (QED) is 0.479. The summed E-state index contributed by atoms with van der Waals surface area (Å²) in [5.41, 5.74) is -0.236. The second-order valence-corrected chi connectivity index (χ2v) is 4.69. The van der Waals surface area contributed by atoms with Gasteiger partial charge in [-0.25, -0.2) is 4.90 Å². The van der Waals surface area contributed by atoms with Crippen LogP contribution in [0, 0.1) is 0 Å². The molecule has 1 fully saturated rings. The van der Waals surface area contributed by atoms with Crippen molar-refractivity contribution in [3.63, 3.8) is 0 Å². The van der Waals surface area contributed by atoms with Gasteiger partial charge in [0.05, 0.1) is 0 Å². The molecule has 1 rings (SSSR count). The number of carbonyl (C=O) groups is 2. The first-order chi connectivity index (χ1) is 6.31. The van der Waals surface area contributed by atoms with E-state index in [-0.39, 0.29) is 35.3 Å². The summed E-state index contributed by atoms with van der Waals surface area (Å²) >= 11 is 4.99. The highest BCUT2D eigenvalue weighted by Crippen LogP contribution is 2.13. The molecule has 0 aromatic heterocycles. The molecular weight excluding hydrogens is 200 g/mol. The van der Waals surface area contributed by atoms with Gasteiger partial charge >= 0.3 is 0 Å². The fourth-order valence-electron chi connectivity index (χ4n) is 1.18. The van der Waals surface area contributed by atoms with E-state index in [1.54, 1.807) is 0 Å². The molecule has 78 valence electrons. The van der Waals surface area contributed by atoms with Crippen LogP contribution in [0.25, 0.3) is 0 Å². The van der Waals surface area contributed by atoms with Gasteiger partial charge in [-0.15, -0.1) is 0 Å². The molecule has 0 spiro atoms. The highest BCUT2D eigenvalue weighted by molar-refractivity contribution is 7.80. The van der Waals surface area contributed by atoms with Crippen LogP contribution in [0.1, 0.15) is 33.6 Å². The summed E-state index contributed by atoms with van der Waals surface area (Å²) in [6.45, 7) is 5.76. The molecular formula is C9H14N2O2S. The maximum absolute atomic E-state index is 11.3. The lowest BCUT2D eigenvalue weighted by Crippen LogP contribution is -2.50. The smallest absolute Gasteiger partial charge is 0.236 e. The number of rotatable bonds is 0. The van der Waals surface area contributed by atoms with Gasteiger partial charge in [-0.05, 0) is 33.0 Å². The molecule has 0 aromatic rings. The van der Waals surface area contributed by atoms with E-state index in [1.165, 1.54) is 0 Å². The van der Waals surface area contributed by atoms with Crippen molar-refractivity contribution in [2.24, 2.45) is 0 Å². The Morgan fingerprint density at radius 2 is 1.71 bits per heavy atom. The van der Waals surface area contributed by atoms with Crippen LogP contribution in [-0.2, 0) is 9.59 Å². The van der Waals surface area contributed by atoms with Gasteiger partial charge in [-0.3, -0.25) is 9.59 Å². The van der Waals surface area contributed by atoms with Gasteiger partial charge in [0.1, 0.15) is 0 Å². The molecule has 1 saturated heterocycles. The Kier molecular flexibility index (Phi) is 2.89. The van der Waals surface area contributed by atoms with Gasteiger partial charge in [-0.2, -0.15) is 0 Å². The van der Waals surface area contributed by atoms with Crippen LogP contribution in [0.2, 0.25) is 0 Å². The van der Waals surface area contributed by atoms with Gasteiger partial charge in [-0.1, -0.05) is 0 Å². The molecule has 5 heteroatoms. The van der Waals surface area contributed by atoms with Gasteiger partial charge in [0, 0.05) is 18.4 Å². The Hall–Kier alpha value is -0.970. The second-order valence-electron chi connectivity index (χ2n) is 4.30. The van der Waals surface area contributed by atoms with Gasteiger partial charge in [0.2, 0.25) is 11.8 Å². The molecule has 0 radical (unpaired) electrons. The van der Waals surface area contributed by atoms with Crippen molar-refractivity contribution in [2.75, 3.05) is 0 Å². The van der Waals surface area contributed by atoms with E-state index in [4.69, 9.17) is 12.2 Å². The first-order valence-corrected chi connectivity index (χ1v) is 4.90. The summed E-state index contributed by atoms with van der Waals surface area (Å²) < 4.78 is 0.